The van der Waals surface area contributed by atoms with Gasteiger partial charge in [-0.2, -0.15) is 8.78 Å². The van der Waals surface area contributed by atoms with Crippen LogP contribution < -0.4 is 19.5 Å². The summed E-state index contributed by atoms with van der Waals surface area (Å²) in [4.78, 5) is 4.24. The Kier molecular flexibility index (Phi) is 6.15. The molecule has 0 atom stereocenters. The molecule has 0 saturated carbocycles. The summed E-state index contributed by atoms with van der Waals surface area (Å²) < 4.78 is 62.5. The van der Waals surface area contributed by atoms with Crippen molar-refractivity contribution in [3.05, 3.63) is 77.3 Å². The van der Waals surface area contributed by atoms with Crippen molar-refractivity contribution >= 4 is 33.3 Å². The van der Waals surface area contributed by atoms with Crippen molar-refractivity contribution < 1.29 is 26.7 Å². The molecule has 4 rings (SSSR count). The van der Waals surface area contributed by atoms with Crippen LogP contribution in [-0.2, 0) is 16.6 Å². The highest BCUT2D eigenvalue weighted by Gasteiger charge is 2.29. The second-order valence-electron chi connectivity index (χ2n) is 6.58. The summed E-state index contributed by atoms with van der Waals surface area (Å²) in [5, 5.41) is 3.31. The topological polar surface area (TPSA) is 89.0 Å². The highest BCUT2D eigenvalue weighted by Crippen LogP contribution is 2.38. The monoisotopic (exact) mass is 479 g/mol. The number of hydrogen-bond donors (Lipinski definition) is 2. The lowest BCUT2D eigenvalue weighted by Gasteiger charge is -2.23. The summed E-state index contributed by atoms with van der Waals surface area (Å²) in [6, 6.07) is 17.3. The fraction of sp³-hybridized carbons (Fsp3) is 0.0952. The Morgan fingerprint density at radius 1 is 0.969 bits per heavy atom. The zero-order valence-electron chi connectivity index (χ0n) is 16.3. The first-order valence-electron chi connectivity index (χ1n) is 9.25. The van der Waals surface area contributed by atoms with Gasteiger partial charge in [0.25, 0.3) is 10.0 Å². The Bertz CT molecular complexity index is 1270. The fourth-order valence-corrected chi connectivity index (χ4v) is 4.27. The van der Waals surface area contributed by atoms with Crippen LogP contribution in [0.5, 0.6) is 17.2 Å². The summed E-state index contributed by atoms with van der Waals surface area (Å²) in [5.41, 5.74) is 0.872. The van der Waals surface area contributed by atoms with Crippen molar-refractivity contribution in [2.45, 2.75) is 18.1 Å². The smallest absolute Gasteiger partial charge is 0.387 e. The number of ether oxygens (including phenoxy) is 2. The van der Waals surface area contributed by atoms with Gasteiger partial charge in [-0.25, -0.2) is 18.1 Å². The maximum Gasteiger partial charge on any atom is 0.387 e. The number of hydrogen-bond acceptors (Lipinski definition) is 5. The minimum Gasteiger partial charge on any atom is -0.454 e. The van der Waals surface area contributed by atoms with Crippen LogP contribution in [0.1, 0.15) is 5.56 Å². The zero-order chi connectivity index (χ0) is 22.7. The Balaban J connectivity index is 1.58. The molecular formula is C21H16ClF2N3O4S. The van der Waals surface area contributed by atoms with E-state index in [9.17, 15) is 17.2 Å². The van der Waals surface area contributed by atoms with E-state index < -0.39 is 16.6 Å². The number of nitrogens with zero attached hydrogens (tertiary/aromatic N) is 1. The number of para-hydroxylation sites is 2. The average molecular weight is 480 g/mol. The second-order valence-corrected chi connectivity index (χ2v) is 8.64. The molecule has 3 aromatic carbocycles. The lowest BCUT2D eigenvalue weighted by Crippen LogP contribution is -2.40. The molecule has 0 bridgehead atoms. The second kappa shape index (κ2) is 9.01. The Hall–Kier alpha value is -3.37. The summed E-state index contributed by atoms with van der Waals surface area (Å²) >= 11 is 6.15. The standard InChI is InChI=1S/C21H16ClF2N3O4S/c22-15-4-1-2-5-16(15)31-17-6-3-7-18-19(17)26-21(27-32(18,28)29)25-12-13-8-10-14(11-9-13)30-20(23)24/h1-11,20H,12H2,(H2,25,26,27). The maximum atomic E-state index is 12.7. The van der Waals surface area contributed by atoms with Crippen molar-refractivity contribution in [1.29, 1.82) is 0 Å². The van der Waals surface area contributed by atoms with E-state index in [1.165, 1.54) is 18.2 Å². The minimum absolute atomic E-state index is 0.00509. The molecule has 32 heavy (non-hydrogen) atoms. The summed E-state index contributed by atoms with van der Waals surface area (Å²) in [5.74, 6) is 0.621. The van der Waals surface area contributed by atoms with Crippen LogP contribution in [0.15, 0.2) is 76.6 Å². The minimum atomic E-state index is -3.90. The van der Waals surface area contributed by atoms with Crippen LogP contribution in [-0.4, -0.2) is 21.0 Å². The number of aliphatic imine (C=N–C) groups is 1. The molecule has 2 N–H and O–H groups in total. The van der Waals surface area contributed by atoms with Gasteiger partial charge in [-0.1, -0.05) is 41.9 Å². The van der Waals surface area contributed by atoms with E-state index in [1.54, 1.807) is 48.5 Å². The molecule has 0 radical (unpaired) electrons. The molecule has 0 spiro atoms. The first-order chi connectivity index (χ1) is 15.3. The van der Waals surface area contributed by atoms with Crippen molar-refractivity contribution in [1.82, 2.24) is 4.72 Å². The molecule has 7 nitrogen and oxygen atoms in total. The molecule has 0 fully saturated rings. The first kappa shape index (κ1) is 21.8. The van der Waals surface area contributed by atoms with Gasteiger partial charge in [0.05, 0.1) is 11.6 Å². The molecule has 0 aliphatic carbocycles. The molecule has 11 heteroatoms. The molecule has 0 amide bonds. The Labute approximate surface area is 187 Å². The average Bonchev–Trinajstić information content (AvgIpc) is 2.74. The summed E-state index contributed by atoms with van der Waals surface area (Å²) in [6.45, 7) is -2.83. The lowest BCUT2D eigenvalue weighted by molar-refractivity contribution is -0.0498. The highest BCUT2D eigenvalue weighted by atomic mass is 35.5. The van der Waals surface area contributed by atoms with Crippen LogP contribution in [0.25, 0.3) is 0 Å². The quantitative estimate of drug-likeness (QED) is 0.519. The molecule has 1 aliphatic rings. The van der Waals surface area contributed by atoms with Crippen molar-refractivity contribution in [2.75, 3.05) is 5.32 Å². The van der Waals surface area contributed by atoms with Crippen molar-refractivity contribution in [2.24, 2.45) is 4.99 Å². The molecular weight excluding hydrogens is 464 g/mol. The normalized spacial score (nSPS) is 15.6. The molecule has 0 unspecified atom stereocenters. The lowest BCUT2D eigenvalue weighted by atomic mass is 10.2. The van der Waals surface area contributed by atoms with Gasteiger partial charge in [-0.15, -0.1) is 0 Å². The first-order valence-corrected chi connectivity index (χ1v) is 11.1. The van der Waals surface area contributed by atoms with E-state index in [0.29, 0.717) is 16.3 Å². The van der Waals surface area contributed by atoms with E-state index in [-0.39, 0.29) is 34.6 Å². The maximum absolute atomic E-state index is 12.7. The third-order valence-electron chi connectivity index (χ3n) is 4.38. The van der Waals surface area contributed by atoms with Crippen molar-refractivity contribution in [3.8, 4) is 17.2 Å². The van der Waals surface area contributed by atoms with Crippen molar-refractivity contribution in [3.63, 3.8) is 0 Å². The number of benzene rings is 3. The van der Waals surface area contributed by atoms with Crippen LogP contribution in [0, 0.1) is 0 Å². The van der Waals surface area contributed by atoms with E-state index in [1.807, 2.05) is 0 Å². The van der Waals surface area contributed by atoms with E-state index in [4.69, 9.17) is 16.3 Å². The fourth-order valence-electron chi connectivity index (χ4n) is 2.93. The van der Waals surface area contributed by atoms with Gasteiger partial charge in [-0.3, -0.25) is 0 Å². The van der Waals surface area contributed by atoms with E-state index in [2.05, 4.69) is 19.8 Å². The molecule has 1 aliphatic heterocycles. The summed E-state index contributed by atoms with van der Waals surface area (Å²) in [7, 11) is -3.90. The van der Waals surface area contributed by atoms with Gasteiger partial charge < -0.3 is 14.8 Å². The highest BCUT2D eigenvalue weighted by molar-refractivity contribution is 7.90. The number of halogens is 3. The van der Waals surface area contributed by atoms with Gasteiger partial charge in [0.2, 0.25) is 5.96 Å². The molecule has 1 heterocycles. The van der Waals surface area contributed by atoms with Gasteiger partial charge >= 0.3 is 6.61 Å². The number of anilines is 1. The molecule has 0 saturated heterocycles. The van der Waals surface area contributed by atoms with Gasteiger partial charge in [0.15, 0.2) is 5.75 Å². The Morgan fingerprint density at radius 3 is 2.41 bits per heavy atom. The van der Waals surface area contributed by atoms with E-state index in [0.717, 1.165) is 0 Å². The third kappa shape index (κ3) is 4.92. The zero-order valence-corrected chi connectivity index (χ0v) is 17.8. The number of rotatable bonds is 6. The predicted molar refractivity (Wildman–Crippen MR) is 116 cm³/mol. The van der Waals surface area contributed by atoms with Gasteiger partial charge in [-0.05, 0) is 42.0 Å². The Morgan fingerprint density at radius 2 is 1.69 bits per heavy atom. The third-order valence-corrected chi connectivity index (χ3v) is 6.07. The van der Waals surface area contributed by atoms with Gasteiger partial charge in [0, 0.05) is 0 Å². The van der Waals surface area contributed by atoms with E-state index >= 15 is 0 Å². The number of nitrogens with one attached hydrogen (secondary N) is 2. The van der Waals surface area contributed by atoms with Crippen LogP contribution >= 0.6 is 11.6 Å². The van der Waals surface area contributed by atoms with Crippen LogP contribution in [0.4, 0.5) is 14.5 Å². The summed E-state index contributed by atoms with van der Waals surface area (Å²) in [6.07, 6.45) is 0. The number of guanidine groups is 1. The molecule has 3 aromatic rings. The van der Waals surface area contributed by atoms with Crippen LogP contribution in [0.3, 0.4) is 0 Å². The SMILES string of the molecule is O=S1(=O)NC(=NCc2ccc(OC(F)F)cc2)Nc2c(Oc3ccccc3Cl)cccc21. The number of sulfonamides is 1. The van der Waals surface area contributed by atoms with Crippen LogP contribution in [0.2, 0.25) is 5.02 Å². The predicted octanol–water partition coefficient (Wildman–Crippen LogP) is 4.99. The number of alkyl halides is 2. The largest absolute Gasteiger partial charge is 0.454 e. The number of fused-ring (bicyclic) bond motifs is 1. The molecule has 166 valence electrons. The molecule has 0 aromatic heterocycles. The van der Waals surface area contributed by atoms with Gasteiger partial charge in [0.1, 0.15) is 22.1 Å².